The maximum absolute atomic E-state index is 11.6. The van der Waals surface area contributed by atoms with Crippen LogP contribution in [-0.4, -0.2) is 17.8 Å². The summed E-state index contributed by atoms with van der Waals surface area (Å²) in [5, 5.41) is 4.84. The molecule has 0 saturated heterocycles. The molecule has 1 aromatic rings. The lowest BCUT2D eigenvalue weighted by atomic mass is 10.1. The van der Waals surface area contributed by atoms with Crippen LogP contribution in [0.5, 0.6) is 0 Å². The summed E-state index contributed by atoms with van der Waals surface area (Å²) in [5.74, 6) is -0.213. The summed E-state index contributed by atoms with van der Waals surface area (Å²) in [7, 11) is 0. The van der Waals surface area contributed by atoms with E-state index in [1.807, 2.05) is 26.0 Å². The second-order valence-electron chi connectivity index (χ2n) is 3.88. The quantitative estimate of drug-likeness (QED) is 0.834. The van der Waals surface area contributed by atoms with Crippen LogP contribution < -0.4 is 10.6 Å². The number of nitrogens with one attached hydrogen (secondary N) is 2. The molecule has 0 atom stereocenters. The molecular formula is C12H14BrClN2O2. The van der Waals surface area contributed by atoms with Gasteiger partial charge in [0.05, 0.1) is 5.69 Å². The highest BCUT2D eigenvalue weighted by Crippen LogP contribution is 2.27. The molecule has 1 aromatic carbocycles. The van der Waals surface area contributed by atoms with Crippen molar-refractivity contribution in [2.75, 3.05) is 11.2 Å². The number of halogens is 2. The van der Waals surface area contributed by atoms with Crippen LogP contribution in [0.1, 0.15) is 17.5 Å². The zero-order valence-electron chi connectivity index (χ0n) is 10.1. The Labute approximate surface area is 119 Å². The van der Waals surface area contributed by atoms with Crippen molar-refractivity contribution in [3.63, 3.8) is 0 Å². The van der Waals surface area contributed by atoms with E-state index in [9.17, 15) is 9.59 Å². The van der Waals surface area contributed by atoms with Crippen LogP contribution >= 0.6 is 27.5 Å². The summed E-state index contributed by atoms with van der Waals surface area (Å²) < 4.78 is 0.778. The molecule has 0 aromatic heterocycles. The van der Waals surface area contributed by atoms with Crippen molar-refractivity contribution in [3.8, 4) is 0 Å². The van der Waals surface area contributed by atoms with E-state index < -0.39 is 11.9 Å². The Kier molecular flexibility index (Phi) is 5.62. The lowest BCUT2D eigenvalue weighted by Crippen LogP contribution is -2.34. The van der Waals surface area contributed by atoms with E-state index >= 15 is 0 Å². The average molecular weight is 334 g/mol. The number of amides is 3. The Morgan fingerprint density at radius 2 is 2.00 bits per heavy atom. The molecule has 18 heavy (non-hydrogen) atoms. The molecule has 0 fully saturated rings. The summed E-state index contributed by atoms with van der Waals surface area (Å²) in [6.45, 7) is 3.85. The van der Waals surface area contributed by atoms with Gasteiger partial charge in [0, 0.05) is 16.8 Å². The minimum atomic E-state index is -0.558. The van der Waals surface area contributed by atoms with E-state index in [0.29, 0.717) is 5.69 Å². The summed E-state index contributed by atoms with van der Waals surface area (Å²) in [6.07, 6.45) is 0.114. The third kappa shape index (κ3) is 4.31. The maximum atomic E-state index is 11.6. The number of hydrogen-bond donors (Lipinski definition) is 2. The van der Waals surface area contributed by atoms with E-state index in [-0.39, 0.29) is 12.3 Å². The molecule has 6 heteroatoms. The fraction of sp³-hybridized carbons (Fsp3) is 0.333. The number of carbonyl (C=O) groups is 2. The predicted octanol–water partition coefficient (Wildman–Crippen LogP) is 3.34. The second-order valence-corrected chi connectivity index (χ2v) is 5.11. The Bertz CT molecular complexity index is 454. The number of rotatable bonds is 3. The van der Waals surface area contributed by atoms with Crippen molar-refractivity contribution < 1.29 is 9.59 Å². The molecule has 0 aliphatic carbocycles. The molecule has 0 saturated carbocycles. The number of carbonyl (C=O) groups excluding carboxylic acids is 2. The first-order valence-corrected chi connectivity index (χ1v) is 6.70. The Balaban J connectivity index is 2.73. The molecule has 0 bridgehead atoms. The molecule has 0 radical (unpaired) electrons. The van der Waals surface area contributed by atoms with E-state index in [4.69, 9.17) is 11.6 Å². The minimum Gasteiger partial charge on any atom is -0.306 e. The summed E-state index contributed by atoms with van der Waals surface area (Å²) in [4.78, 5) is 22.8. The highest BCUT2D eigenvalue weighted by Gasteiger charge is 2.11. The number of aryl methyl sites for hydroxylation is 2. The third-order valence-electron chi connectivity index (χ3n) is 2.24. The fourth-order valence-corrected chi connectivity index (χ4v) is 2.44. The van der Waals surface area contributed by atoms with Crippen LogP contribution in [0.25, 0.3) is 0 Å². The number of alkyl halides is 1. The highest BCUT2D eigenvalue weighted by molar-refractivity contribution is 9.10. The number of benzene rings is 1. The van der Waals surface area contributed by atoms with Gasteiger partial charge in [0.15, 0.2) is 0 Å². The van der Waals surface area contributed by atoms with Crippen molar-refractivity contribution >= 4 is 45.2 Å². The average Bonchev–Trinajstić information content (AvgIpc) is 2.23. The van der Waals surface area contributed by atoms with E-state index in [1.165, 1.54) is 0 Å². The third-order valence-corrected chi connectivity index (χ3v) is 3.06. The standard InChI is InChI=1S/C12H14BrClN2O2/c1-7-5-8(2)11(9(13)6-7)16-12(18)15-10(17)3-4-14/h5-6H,3-4H2,1-2H3,(H2,15,16,17,18). The number of anilines is 1. The van der Waals surface area contributed by atoms with Gasteiger partial charge in [-0.3, -0.25) is 10.1 Å². The van der Waals surface area contributed by atoms with Crippen LogP contribution in [0.15, 0.2) is 16.6 Å². The second kappa shape index (κ2) is 6.75. The molecule has 0 heterocycles. The van der Waals surface area contributed by atoms with Crippen LogP contribution in [0.3, 0.4) is 0 Å². The first-order chi connectivity index (χ1) is 8.43. The van der Waals surface area contributed by atoms with Crippen LogP contribution in [0.2, 0.25) is 0 Å². The molecule has 0 spiro atoms. The van der Waals surface area contributed by atoms with Gasteiger partial charge in [-0.05, 0) is 47.0 Å². The zero-order valence-corrected chi connectivity index (χ0v) is 12.5. The molecule has 2 N–H and O–H groups in total. The van der Waals surface area contributed by atoms with Crippen LogP contribution in [-0.2, 0) is 4.79 Å². The number of urea groups is 1. The van der Waals surface area contributed by atoms with Gasteiger partial charge in [0.1, 0.15) is 0 Å². The van der Waals surface area contributed by atoms with Crippen molar-refractivity contribution in [3.05, 3.63) is 27.7 Å². The first-order valence-electron chi connectivity index (χ1n) is 5.37. The summed E-state index contributed by atoms with van der Waals surface area (Å²) in [6, 6.07) is 3.28. The van der Waals surface area contributed by atoms with Gasteiger partial charge >= 0.3 is 6.03 Å². The van der Waals surface area contributed by atoms with E-state index in [2.05, 4.69) is 26.6 Å². The molecule has 98 valence electrons. The van der Waals surface area contributed by atoms with Gasteiger partial charge in [-0.15, -0.1) is 11.6 Å². The highest BCUT2D eigenvalue weighted by atomic mass is 79.9. The molecule has 0 aliphatic heterocycles. The Morgan fingerprint density at radius 1 is 1.33 bits per heavy atom. The molecule has 1 rings (SSSR count). The van der Waals surface area contributed by atoms with Gasteiger partial charge in [-0.1, -0.05) is 6.07 Å². The lowest BCUT2D eigenvalue weighted by Gasteiger charge is -2.12. The van der Waals surface area contributed by atoms with Gasteiger partial charge in [-0.2, -0.15) is 0 Å². The Hall–Kier alpha value is -1.07. The first kappa shape index (κ1) is 15.0. The van der Waals surface area contributed by atoms with E-state index in [1.54, 1.807) is 0 Å². The smallest absolute Gasteiger partial charge is 0.306 e. The van der Waals surface area contributed by atoms with Crippen LogP contribution in [0, 0.1) is 13.8 Å². The molecule has 4 nitrogen and oxygen atoms in total. The van der Waals surface area contributed by atoms with Gasteiger partial charge in [0.2, 0.25) is 5.91 Å². The largest absolute Gasteiger partial charge is 0.325 e. The molecule has 0 unspecified atom stereocenters. The van der Waals surface area contributed by atoms with Crippen molar-refractivity contribution in [2.24, 2.45) is 0 Å². The van der Waals surface area contributed by atoms with Gasteiger partial charge in [0.25, 0.3) is 0 Å². The lowest BCUT2D eigenvalue weighted by molar-refractivity contribution is -0.119. The zero-order chi connectivity index (χ0) is 13.7. The predicted molar refractivity (Wildman–Crippen MR) is 76.1 cm³/mol. The van der Waals surface area contributed by atoms with Gasteiger partial charge < -0.3 is 5.32 Å². The van der Waals surface area contributed by atoms with Crippen molar-refractivity contribution in [2.45, 2.75) is 20.3 Å². The van der Waals surface area contributed by atoms with Gasteiger partial charge in [-0.25, -0.2) is 4.79 Å². The normalized spacial score (nSPS) is 10.0. The minimum absolute atomic E-state index is 0.114. The SMILES string of the molecule is Cc1cc(C)c(NC(=O)NC(=O)CCCl)c(Br)c1. The maximum Gasteiger partial charge on any atom is 0.325 e. The van der Waals surface area contributed by atoms with Crippen LogP contribution in [0.4, 0.5) is 10.5 Å². The molecular weight excluding hydrogens is 320 g/mol. The summed E-state index contributed by atoms with van der Waals surface area (Å²) in [5.41, 5.74) is 2.65. The Morgan fingerprint density at radius 3 is 2.56 bits per heavy atom. The summed E-state index contributed by atoms with van der Waals surface area (Å²) >= 11 is 8.78. The van der Waals surface area contributed by atoms with Crippen molar-refractivity contribution in [1.29, 1.82) is 0 Å². The molecule has 3 amide bonds. The monoisotopic (exact) mass is 332 g/mol. The van der Waals surface area contributed by atoms with E-state index in [0.717, 1.165) is 15.6 Å². The topological polar surface area (TPSA) is 58.2 Å². The number of hydrogen-bond acceptors (Lipinski definition) is 2. The fourth-order valence-electron chi connectivity index (χ4n) is 1.49. The van der Waals surface area contributed by atoms with Crippen molar-refractivity contribution in [1.82, 2.24) is 5.32 Å². The number of imide groups is 1. The molecule has 0 aliphatic rings.